The molecule has 0 fully saturated rings. The summed E-state index contributed by atoms with van der Waals surface area (Å²) < 4.78 is 0. The smallest absolute Gasteiger partial charge is 0.258 e. The van der Waals surface area contributed by atoms with E-state index in [1.54, 1.807) is 0 Å². The number of para-hydroxylation sites is 1. The number of fused-ring (bicyclic) bond motifs is 1. The fourth-order valence-electron chi connectivity index (χ4n) is 2.88. The fourth-order valence-corrected chi connectivity index (χ4v) is 2.88. The lowest BCUT2D eigenvalue weighted by atomic mass is 10.1. The van der Waals surface area contributed by atoms with Crippen LogP contribution in [0.15, 0.2) is 60.7 Å². The van der Waals surface area contributed by atoms with E-state index in [1.807, 2.05) is 41.3 Å². The second-order valence-electron chi connectivity index (χ2n) is 5.65. The summed E-state index contributed by atoms with van der Waals surface area (Å²) in [6.45, 7) is 2.80. The Labute approximate surface area is 132 Å². The number of hydrogen-bond donors (Lipinski definition) is 0. The molecular formula is C20H21NO. The normalized spacial score (nSPS) is 15.4. The van der Waals surface area contributed by atoms with Gasteiger partial charge in [0.05, 0.1) is 12.2 Å². The van der Waals surface area contributed by atoms with Crippen molar-refractivity contribution in [2.75, 3.05) is 4.90 Å². The Morgan fingerprint density at radius 3 is 2.50 bits per heavy atom. The van der Waals surface area contributed by atoms with Gasteiger partial charge in [0.1, 0.15) is 0 Å². The average molecular weight is 291 g/mol. The van der Waals surface area contributed by atoms with Crippen molar-refractivity contribution in [2.45, 2.75) is 32.7 Å². The molecule has 0 aliphatic carbocycles. The van der Waals surface area contributed by atoms with Crippen molar-refractivity contribution in [3.63, 3.8) is 0 Å². The third-order valence-corrected chi connectivity index (χ3v) is 4.05. The van der Waals surface area contributed by atoms with Gasteiger partial charge in [-0.3, -0.25) is 4.79 Å². The molecule has 0 atom stereocenters. The molecule has 22 heavy (non-hydrogen) atoms. The largest absolute Gasteiger partial charge is 0.303 e. The van der Waals surface area contributed by atoms with Gasteiger partial charge >= 0.3 is 0 Å². The topological polar surface area (TPSA) is 20.3 Å². The van der Waals surface area contributed by atoms with E-state index in [4.69, 9.17) is 0 Å². The highest BCUT2D eigenvalue weighted by molar-refractivity contribution is 6.32. The van der Waals surface area contributed by atoms with Crippen molar-refractivity contribution in [2.24, 2.45) is 0 Å². The van der Waals surface area contributed by atoms with Crippen LogP contribution in [0.3, 0.4) is 0 Å². The van der Waals surface area contributed by atoms with Gasteiger partial charge in [-0.25, -0.2) is 0 Å². The molecule has 3 rings (SSSR count). The molecule has 1 heterocycles. The summed E-state index contributed by atoms with van der Waals surface area (Å²) in [6, 6.07) is 18.2. The van der Waals surface area contributed by atoms with E-state index in [0.717, 1.165) is 41.6 Å². The predicted molar refractivity (Wildman–Crippen MR) is 91.6 cm³/mol. The van der Waals surface area contributed by atoms with Crippen molar-refractivity contribution >= 4 is 17.2 Å². The van der Waals surface area contributed by atoms with E-state index in [1.165, 1.54) is 0 Å². The van der Waals surface area contributed by atoms with Gasteiger partial charge in [0.25, 0.3) is 5.91 Å². The second kappa shape index (κ2) is 6.61. The zero-order valence-electron chi connectivity index (χ0n) is 13.0. The number of rotatable bonds is 5. The number of nitrogens with zero attached hydrogens (tertiary/aromatic N) is 1. The molecule has 0 radical (unpaired) electrons. The van der Waals surface area contributed by atoms with Gasteiger partial charge in [-0.1, -0.05) is 74.4 Å². The first-order chi connectivity index (χ1) is 10.8. The molecule has 0 saturated heterocycles. The van der Waals surface area contributed by atoms with Crippen molar-refractivity contribution in [1.82, 2.24) is 0 Å². The fraction of sp³-hybridized carbons (Fsp3) is 0.250. The van der Waals surface area contributed by atoms with Crippen LogP contribution in [0.5, 0.6) is 0 Å². The highest BCUT2D eigenvalue weighted by Crippen LogP contribution is 2.37. The summed E-state index contributed by atoms with van der Waals surface area (Å²) in [4.78, 5) is 14.7. The van der Waals surface area contributed by atoms with E-state index in [2.05, 4.69) is 31.2 Å². The van der Waals surface area contributed by atoms with Crippen LogP contribution in [0.4, 0.5) is 5.69 Å². The maximum absolute atomic E-state index is 12.8. The monoisotopic (exact) mass is 291 g/mol. The number of carbonyl (C=O) groups excluding carboxylic acids is 1. The number of allylic oxidation sites excluding steroid dienone is 1. The van der Waals surface area contributed by atoms with Gasteiger partial charge < -0.3 is 4.90 Å². The molecule has 0 aromatic heterocycles. The molecule has 1 amide bonds. The number of unbranched alkanes of at least 4 members (excludes halogenated alkanes) is 2. The van der Waals surface area contributed by atoms with Crippen molar-refractivity contribution in [3.05, 3.63) is 71.8 Å². The summed E-state index contributed by atoms with van der Waals surface area (Å²) >= 11 is 0. The third kappa shape index (κ3) is 2.82. The van der Waals surface area contributed by atoms with Crippen LogP contribution in [0.25, 0.3) is 5.57 Å². The Bertz CT molecular complexity index is 688. The summed E-state index contributed by atoms with van der Waals surface area (Å²) in [5, 5.41) is 0. The van der Waals surface area contributed by atoms with Crippen LogP contribution < -0.4 is 4.90 Å². The lowest BCUT2D eigenvalue weighted by Crippen LogP contribution is -2.25. The maximum atomic E-state index is 12.8. The van der Waals surface area contributed by atoms with Crippen LogP contribution in [0, 0.1) is 0 Å². The molecule has 2 aromatic carbocycles. The number of benzene rings is 2. The Balaban J connectivity index is 1.92. The number of carbonyl (C=O) groups is 1. The second-order valence-corrected chi connectivity index (χ2v) is 5.65. The molecule has 112 valence electrons. The van der Waals surface area contributed by atoms with E-state index in [-0.39, 0.29) is 5.91 Å². The van der Waals surface area contributed by atoms with E-state index in [0.29, 0.717) is 6.54 Å². The summed E-state index contributed by atoms with van der Waals surface area (Å²) in [7, 11) is 0. The molecule has 0 spiro atoms. The number of amides is 1. The predicted octanol–water partition coefficient (Wildman–Crippen LogP) is 4.81. The van der Waals surface area contributed by atoms with E-state index >= 15 is 0 Å². The first-order valence-corrected chi connectivity index (χ1v) is 7.96. The zero-order chi connectivity index (χ0) is 15.4. The van der Waals surface area contributed by atoms with Crippen molar-refractivity contribution < 1.29 is 4.79 Å². The zero-order valence-corrected chi connectivity index (χ0v) is 13.0. The quantitative estimate of drug-likeness (QED) is 0.572. The Morgan fingerprint density at radius 1 is 1.00 bits per heavy atom. The molecule has 2 aromatic rings. The van der Waals surface area contributed by atoms with Crippen LogP contribution in [0.1, 0.15) is 37.3 Å². The number of anilines is 1. The van der Waals surface area contributed by atoms with Crippen molar-refractivity contribution in [1.29, 1.82) is 0 Å². The Kier molecular flexibility index (Phi) is 4.38. The molecule has 1 aliphatic heterocycles. The lowest BCUT2D eigenvalue weighted by molar-refractivity contribution is -0.113. The highest BCUT2D eigenvalue weighted by atomic mass is 16.2. The van der Waals surface area contributed by atoms with Gasteiger partial charge in [0.2, 0.25) is 0 Å². The van der Waals surface area contributed by atoms with Gasteiger partial charge in [-0.15, -0.1) is 0 Å². The minimum absolute atomic E-state index is 0.126. The third-order valence-electron chi connectivity index (χ3n) is 4.05. The molecule has 0 bridgehead atoms. The highest BCUT2D eigenvalue weighted by Gasteiger charge is 2.31. The molecular weight excluding hydrogens is 270 g/mol. The Morgan fingerprint density at radius 2 is 1.73 bits per heavy atom. The average Bonchev–Trinajstić information content (AvgIpc) is 2.82. The first-order valence-electron chi connectivity index (χ1n) is 7.96. The standard InChI is InChI=1S/C20H21NO/c1-2-3-5-13-18-17-12-8-9-14-19(17)21(20(18)22)15-16-10-6-4-7-11-16/h4,6-14H,2-3,5,15H2,1H3/b18-13-. The van der Waals surface area contributed by atoms with Crippen LogP contribution in [-0.4, -0.2) is 5.91 Å². The van der Waals surface area contributed by atoms with Gasteiger partial charge in [-0.05, 0) is 18.1 Å². The van der Waals surface area contributed by atoms with Crippen LogP contribution in [-0.2, 0) is 11.3 Å². The molecule has 1 aliphatic rings. The minimum Gasteiger partial charge on any atom is -0.303 e. The molecule has 2 heteroatoms. The maximum Gasteiger partial charge on any atom is 0.258 e. The molecule has 0 saturated carbocycles. The summed E-state index contributed by atoms with van der Waals surface area (Å²) in [6.07, 6.45) is 5.34. The van der Waals surface area contributed by atoms with E-state index < -0.39 is 0 Å². The number of hydrogen-bond acceptors (Lipinski definition) is 1. The van der Waals surface area contributed by atoms with Gasteiger partial charge in [0, 0.05) is 11.1 Å². The van der Waals surface area contributed by atoms with Crippen LogP contribution in [0.2, 0.25) is 0 Å². The SMILES string of the molecule is CCCC/C=C1\C(=O)N(Cc2ccccc2)c2ccccc21. The first kappa shape index (κ1) is 14.6. The van der Waals surface area contributed by atoms with Crippen LogP contribution >= 0.6 is 0 Å². The molecule has 0 N–H and O–H groups in total. The Hall–Kier alpha value is -2.35. The van der Waals surface area contributed by atoms with Gasteiger partial charge in [-0.2, -0.15) is 0 Å². The van der Waals surface area contributed by atoms with Gasteiger partial charge in [0.15, 0.2) is 0 Å². The minimum atomic E-state index is 0.126. The van der Waals surface area contributed by atoms with E-state index in [9.17, 15) is 4.79 Å². The molecule has 2 nitrogen and oxygen atoms in total. The van der Waals surface area contributed by atoms with Crippen molar-refractivity contribution in [3.8, 4) is 0 Å². The molecule has 0 unspecified atom stereocenters. The summed E-state index contributed by atoms with van der Waals surface area (Å²) in [5.74, 6) is 0.126. The summed E-state index contributed by atoms with van der Waals surface area (Å²) in [5.41, 5.74) is 4.11. The lowest BCUT2D eigenvalue weighted by Gasteiger charge is -2.17.